The third kappa shape index (κ3) is 5.76. The summed E-state index contributed by atoms with van der Waals surface area (Å²) in [7, 11) is -4.08. The van der Waals surface area contributed by atoms with Crippen molar-refractivity contribution in [2.24, 2.45) is 0 Å². The molecule has 0 atom stereocenters. The fourth-order valence-electron chi connectivity index (χ4n) is 3.40. The fraction of sp³-hybridized carbons (Fsp3) is 0.0769. The molecule has 4 rings (SSSR count). The van der Waals surface area contributed by atoms with Crippen molar-refractivity contribution < 1.29 is 22.4 Å². The van der Waals surface area contributed by atoms with Crippen LogP contribution in [-0.2, 0) is 16.6 Å². The van der Waals surface area contributed by atoms with Crippen LogP contribution in [0.4, 0.5) is 11.4 Å². The summed E-state index contributed by atoms with van der Waals surface area (Å²) in [4.78, 5) is 25.5. The van der Waals surface area contributed by atoms with Crippen LogP contribution in [-0.4, -0.2) is 20.2 Å². The van der Waals surface area contributed by atoms with Crippen LogP contribution in [0.5, 0.6) is 0 Å². The zero-order valence-electron chi connectivity index (χ0n) is 19.1. The molecule has 0 spiro atoms. The molecule has 0 fully saturated rings. The number of rotatable bonds is 8. The van der Waals surface area contributed by atoms with Crippen LogP contribution < -0.4 is 15.4 Å². The second-order valence-electron chi connectivity index (χ2n) is 7.83. The van der Waals surface area contributed by atoms with Gasteiger partial charge in [0.15, 0.2) is 0 Å². The number of anilines is 2. The monoisotopic (exact) mass is 523 g/mol. The van der Waals surface area contributed by atoms with Crippen LogP contribution in [0.25, 0.3) is 0 Å². The molecular formula is C26H22ClN3O5S. The van der Waals surface area contributed by atoms with Gasteiger partial charge in [-0.25, -0.2) is 8.42 Å². The van der Waals surface area contributed by atoms with Crippen LogP contribution >= 0.6 is 11.6 Å². The van der Waals surface area contributed by atoms with Crippen molar-refractivity contribution >= 4 is 44.8 Å². The number of sulfonamides is 1. The second kappa shape index (κ2) is 10.7. The van der Waals surface area contributed by atoms with Gasteiger partial charge in [-0.2, -0.15) is 0 Å². The Morgan fingerprint density at radius 3 is 2.33 bits per heavy atom. The lowest BCUT2D eigenvalue weighted by Crippen LogP contribution is -2.24. The largest absolute Gasteiger partial charge is 0.467 e. The van der Waals surface area contributed by atoms with E-state index in [1.54, 1.807) is 67.6 Å². The Hall–Kier alpha value is -4.08. The molecule has 0 bridgehead atoms. The van der Waals surface area contributed by atoms with Crippen LogP contribution in [0.1, 0.15) is 32.0 Å². The van der Waals surface area contributed by atoms with Crippen molar-refractivity contribution in [2.75, 3.05) is 10.0 Å². The zero-order chi connectivity index (χ0) is 25.7. The lowest BCUT2D eigenvalue weighted by atomic mass is 10.1. The molecule has 0 aliphatic heterocycles. The minimum absolute atomic E-state index is 0.0367. The van der Waals surface area contributed by atoms with E-state index in [9.17, 15) is 18.0 Å². The van der Waals surface area contributed by atoms with Gasteiger partial charge in [-0.3, -0.25) is 14.3 Å². The molecule has 0 unspecified atom stereocenters. The molecule has 3 N–H and O–H groups in total. The third-order valence-corrected chi connectivity index (χ3v) is 7.14. The molecule has 1 aromatic heterocycles. The Balaban J connectivity index is 1.54. The van der Waals surface area contributed by atoms with Crippen LogP contribution in [0.3, 0.4) is 0 Å². The van der Waals surface area contributed by atoms with Gasteiger partial charge in [0.05, 0.1) is 34.8 Å². The molecule has 0 aliphatic carbocycles. The highest BCUT2D eigenvalue weighted by Gasteiger charge is 2.22. The van der Waals surface area contributed by atoms with Crippen LogP contribution in [0, 0.1) is 6.92 Å². The van der Waals surface area contributed by atoms with Gasteiger partial charge < -0.3 is 15.1 Å². The minimum Gasteiger partial charge on any atom is -0.467 e. The molecule has 0 radical (unpaired) electrons. The first-order valence-electron chi connectivity index (χ1n) is 10.8. The molecule has 0 aliphatic rings. The summed E-state index contributed by atoms with van der Waals surface area (Å²) < 4.78 is 33.8. The summed E-state index contributed by atoms with van der Waals surface area (Å²) in [5.74, 6) is -0.437. The molecule has 1 heterocycles. The van der Waals surface area contributed by atoms with E-state index in [-0.39, 0.29) is 33.3 Å². The summed E-state index contributed by atoms with van der Waals surface area (Å²) in [5.41, 5.74) is 1.68. The summed E-state index contributed by atoms with van der Waals surface area (Å²) in [6.45, 7) is 1.95. The van der Waals surface area contributed by atoms with E-state index in [0.717, 1.165) is 5.56 Å². The van der Waals surface area contributed by atoms with Crippen molar-refractivity contribution in [3.63, 3.8) is 0 Å². The second-order valence-corrected chi connectivity index (χ2v) is 9.89. The molecule has 184 valence electrons. The standard InChI is InChI=1S/C26H22ClN3O5S/c1-17-7-2-4-10-22(17)30-36(33,34)24-15-18(12-13-21(24)27)25(31)29-23-11-5-3-9-20(23)26(32)28-16-19-8-6-14-35-19/h2-15,30H,16H2,1H3,(H,28,32)(H,29,31). The lowest BCUT2D eigenvalue weighted by molar-refractivity contribution is 0.0949. The summed E-state index contributed by atoms with van der Waals surface area (Å²) >= 11 is 6.18. The topological polar surface area (TPSA) is 118 Å². The third-order valence-electron chi connectivity index (χ3n) is 5.30. The number of amides is 2. The number of aryl methyl sites for hydroxylation is 1. The van der Waals surface area contributed by atoms with Gasteiger partial charge in [0.1, 0.15) is 10.7 Å². The van der Waals surface area contributed by atoms with E-state index in [2.05, 4.69) is 15.4 Å². The number of nitrogens with one attached hydrogen (secondary N) is 3. The van der Waals surface area contributed by atoms with Gasteiger partial charge in [0.2, 0.25) is 0 Å². The Bertz CT molecular complexity index is 1520. The number of carbonyl (C=O) groups excluding carboxylic acids is 2. The van der Waals surface area contributed by atoms with Gasteiger partial charge in [0.25, 0.3) is 21.8 Å². The van der Waals surface area contributed by atoms with Gasteiger partial charge in [-0.05, 0) is 61.0 Å². The van der Waals surface area contributed by atoms with Crippen molar-refractivity contribution in [1.29, 1.82) is 0 Å². The number of hydrogen-bond donors (Lipinski definition) is 3. The molecular weight excluding hydrogens is 502 g/mol. The molecule has 2 amide bonds. The van der Waals surface area contributed by atoms with E-state index in [1.807, 2.05) is 0 Å². The van der Waals surface area contributed by atoms with Crippen molar-refractivity contribution in [3.05, 3.63) is 113 Å². The molecule has 0 saturated heterocycles. The van der Waals surface area contributed by atoms with Gasteiger partial charge in [-0.1, -0.05) is 41.9 Å². The van der Waals surface area contributed by atoms with Gasteiger partial charge >= 0.3 is 0 Å². The maximum absolute atomic E-state index is 13.0. The number of carbonyl (C=O) groups is 2. The highest BCUT2D eigenvalue weighted by atomic mass is 35.5. The Kier molecular flexibility index (Phi) is 7.42. The predicted octanol–water partition coefficient (Wildman–Crippen LogP) is 5.22. The van der Waals surface area contributed by atoms with Crippen molar-refractivity contribution in [1.82, 2.24) is 5.32 Å². The number of hydrogen-bond acceptors (Lipinski definition) is 5. The highest BCUT2D eigenvalue weighted by Crippen LogP contribution is 2.27. The Morgan fingerprint density at radius 1 is 0.889 bits per heavy atom. The molecule has 8 nitrogen and oxygen atoms in total. The Labute approximate surface area is 213 Å². The van der Waals surface area contributed by atoms with E-state index >= 15 is 0 Å². The van der Waals surface area contributed by atoms with Gasteiger partial charge in [-0.15, -0.1) is 0 Å². The normalized spacial score (nSPS) is 11.1. The van der Waals surface area contributed by atoms with Crippen LogP contribution in [0.2, 0.25) is 5.02 Å². The van der Waals surface area contributed by atoms with E-state index in [1.165, 1.54) is 24.5 Å². The van der Waals surface area contributed by atoms with E-state index in [4.69, 9.17) is 16.0 Å². The van der Waals surface area contributed by atoms with Crippen LogP contribution in [0.15, 0.2) is 94.4 Å². The maximum Gasteiger partial charge on any atom is 0.263 e. The molecule has 3 aromatic carbocycles. The highest BCUT2D eigenvalue weighted by molar-refractivity contribution is 7.92. The first kappa shape index (κ1) is 25.0. The lowest BCUT2D eigenvalue weighted by Gasteiger charge is -2.14. The Morgan fingerprint density at radius 2 is 1.61 bits per heavy atom. The average molecular weight is 524 g/mol. The van der Waals surface area contributed by atoms with E-state index in [0.29, 0.717) is 11.4 Å². The first-order chi connectivity index (χ1) is 17.2. The quantitative estimate of drug-likeness (QED) is 0.292. The number of halogens is 1. The fourth-order valence-corrected chi connectivity index (χ4v) is 5.06. The SMILES string of the molecule is Cc1ccccc1NS(=O)(=O)c1cc(C(=O)Nc2ccccc2C(=O)NCc2ccco2)ccc1Cl. The number of furan rings is 1. The van der Waals surface area contributed by atoms with Crippen molar-refractivity contribution in [3.8, 4) is 0 Å². The van der Waals surface area contributed by atoms with E-state index < -0.39 is 21.8 Å². The van der Waals surface area contributed by atoms with Gasteiger partial charge in [0, 0.05) is 5.56 Å². The summed E-state index contributed by atoms with van der Waals surface area (Å²) in [6, 6.07) is 20.8. The summed E-state index contributed by atoms with van der Waals surface area (Å²) in [5, 5.41) is 5.37. The number of para-hydroxylation sites is 2. The first-order valence-corrected chi connectivity index (χ1v) is 12.7. The smallest absolute Gasteiger partial charge is 0.263 e. The number of benzene rings is 3. The maximum atomic E-state index is 13.0. The predicted molar refractivity (Wildman–Crippen MR) is 138 cm³/mol. The minimum atomic E-state index is -4.08. The average Bonchev–Trinajstić information content (AvgIpc) is 3.38. The molecule has 36 heavy (non-hydrogen) atoms. The molecule has 10 heteroatoms. The molecule has 0 saturated carbocycles. The molecule has 4 aromatic rings. The summed E-state index contributed by atoms with van der Waals surface area (Å²) in [6.07, 6.45) is 1.51. The van der Waals surface area contributed by atoms with Crippen molar-refractivity contribution in [2.45, 2.75) is 18.4 Å². The zero-order valence-corrected chi connectivity index (χ0v) is 20.7.